The monoisotopic (exact) mass is 308 g/mol. The third-order valence-corrected chi connectivity index (χ3v) is 3.30. The van der Waals surface area contributed by atoms with Gasteiger partial charge >= 0.3 is 0 Å². The quantitative estimate of drug-likeness (QED) is 0.942. The van der Waals surface area contributed by atoms with Crippen LogP contribution in [0.15, 0.2) is 41.0 Å². The number of rotatable bonds is 3. The molecule has 2 aromatic rings. The number of hydrogen-bond acceptors (Lipinski definition) is 2. The van der Waals surface area contributed by atoms with Gasteiger partial charge in [-0.2, -0.15) is 0 Å². The smallest absolute Gasteiger partial charge is 0.124 e. The second-order valence-electron chi connectivity index (χ2n) is 4.28. The van der Waals surface area contributed by atoms with Gasteiger partial charge in [0.15, 0.2) is 0 Å². The van der Waals surface area contributed by atoms with E-state index in [1.807, 2.05) is 25.1 Å². The van der Waals surface area contributed by atoms with Crippen molar-refractivity contribution < 1.29 is 4.39 Å². The standard InChI is InChI=1S/C14H14BrFN2/c1-9-3-2-4-18-14(9)8-13(17)10-5-11(15)7-12(16)6-10/h2-7,13H,8,17H2,1H3. The van der Waals surface area contributed by atoms with E-state index in [4.69, 9.17) is 5.73 Å². The molecule has 2 N–H and O–H groups in total. The van der Waals surface area contributed by atoms with Gasteiger partial charge in [0.05, 0.1) is 0 Å². The topological polar surface area (TPSA) is 38.9 Å². The van der Waals surface area contributed by atoms with E-state index in [0.717, 1.165) is 16.8 Å². The molecule has 1 heterocycles. The first kappa shape index (κ1) is 13.2. The molecule has 2 rings (SSSR count). The van der Waals surface area contributed by atoms with Crippen LogP contribution in [0.5, 0.6) is 0 Å². The van der Waals surface area contributed by atoms with E-state index in [2.05, 4.69) is 20.9 Å². The van der Waals surface area contributed by atoms with E-state index in [9.17, 15) is 4.39 Å². The Hall–Kier alpha value is -1.26. The predicted octanol–water partition coefficient (Wildman–Crippen LogP) is 3.53. The van der Waals surface area contributed by atoms with Crippen molar-refractivity contribution in [1.82, 2.24) is 4.98 Å². The Kier molecular flexibility index (Phi) is 4.09. The summed E-state index contributed by atoms with van der Waals surface area (Å²) in [4.78, 5) is 4.30. The lowest BCUT2D eigenvalue weighted by Gasteiger charge is -2.13. The van der Waals surface area contributed by atoms with Crippen molar-refractivity contribution in [2.75, 3.05) is 0 Å². The molecule has 2 nitrogen and oxygen atoms in total. The second kappa shape index (κ2) is 5.59. The Morgan fingerprint density at radius 1 is 1.39 bits per heavy atom. The van der Waals surface area contributed by atoms with Gasteiger partial charge < -0.3 is 5.73 Å². The van der Waals surface area contributed by atoms with Crippen LogP contribution < -0.4 is 5.73 Å². The van der Waals surface area contributed by atoms with E-state index in [0.29, 0.717) is 10.9 Å². The zero-order valence-corrected chi connectivity index (χ0v) is 11.6. The fourth-order valence-electron chi connectivity index (χ4n) is 1.85. The number of nitrogens with zero attached hydrogens (tertiary/aromatic N) is 1. The van der Waals surface area contributed by atoms with Gasteiger partial charge in [0.2, 0.25) is 0 Å². The van der Waals surface area contributed by atoms with Crippen molar-refractivity contribution in [3.05, 3.63) is 63.6 Å². The second-order valence-corrected chi connectivity index (χ2v) is 5.20. The summed E-state index contributed by atoms with van der Waals surface area (Å²) in [6.45, 7) is 2.00. The molecule has 4 heteroatoms. The van der Waals surface area contributed by atoms with Gasteiger partial charge in [-0.15, -0.1) is 0 Å². The highest BCUT2D eigenvalue weighted by atomic mass is 79.9. The molecular weight excluding hydrogens is 295 g/mol. The molecule has 0 saturated heterocycles. The molecule has 0 saturated carbocycles. The molecule has 0 fully saturated rings. The van der Waals surface area contributed by atoms with E-state index in [-0.39, 0.29) is 11.9 Å². The van der Waals surface area contributed by atoms with Crippen molar-refractivity contribution >= 4 is 15.9 Å². The lowest BCUT2D eigenvalue weighted by Crippen LogP contribution is -2.15. The zero-order valence-electron chi connectivity index (χ0n) is 10.0. The minimum absolute atomic E-state index is 0.259. The fraction of sp³-hybridized carbons (Fsp3) is 0.214. The minimum Gasteiger partial charge on any atom is -0.324 e. The summed E-state index contributed by atoms with van der Waals surface area (Å²) < 4.78 is 14.0. The van der Waals surface area contributed by atoms with Crippen LogP contribution in [-0.2, 0) is 6.42 Å². The molecule has 94 valence electrons. The SMILES string of the molecule is Cc1cccnc1CC(N)c1cc(F)cc(Br)c1. The van der Waals surface area contributed by atoms with E-state index < -0.39 is 0 Å². The van der Waals surface area contributed by atoms with Crippen LogP contribution in [0.25, 0.3) is 0 Å². The van der Waals surface area contributed by atoms with Crippen molar-refractivity contribution in [2.24, 2.45) is 5.73 Å². The Balaban J connectivity index is 2.22. The highest BCUT2D eigenvalue weighted by molar-refractivity contribution is 9.10. The van der Waals surface area contributed by atoms with Crippen LogP contribution in [0.4, 0.5) is 4.39 Å². The van der Waals surface area contributed by atoms with Crippen LogP contribution in [0.2, 0.25) is 0 Å². The summed E-state index contributed by atoms with van der Waals surface area (Å²) in [5.41, 5.74) is 8.93. The highest BCUT2D eigenvalue weighted by Crippen LogP contribution is 2.22. The molecule has 0 bridgehead atoms. The van der Waals surface area contributed by atoms with Gasteiger partial charge in [0.25, 0.3) is 0 Å². The van der Waals surface area contributed by atoms with Crippen LogP contribution in [0.1, 0.15) is 22.9 Å². The third-order valence-electron chi connectivity index (χ3n) is 2.84. The molecular formula is C14H14BrFN2. The van der Waals surface area contributed by atoms with Gasteiger partial charge in [-0.25, -0.2) is 4.39 Å². The highest BCUT2D eigenvalue weighted by Gasteiger charge is 2.11. The predicted molar refractivity (Wildman–Crippen MR) is 73.7 cm³/mol. The van der Waals surface area contributed by atoms with Gasteiger partial charge in [0.1, 0.15) is 5.82 Å². The van der Waals surface area contributed by atoms with Crippen molar-refractivity contribution in [2.45, 2.75) is 19.4 Å². The number of aromatic nitrogens is 1. The fourth-order valence-corrected chi connectivity index (χ4v) is 2.33. The Bertz CT molecular complexity index is 537. The van der Waals surface area contributed by atoms with Gasteiger partial charge in [0, 0.05) is 28.8 Å². The number of pyridine rings is 1. The van der Waals surface area contributed by atoms with E-state index >= 15 is 0 Å². The maximum absolute atomic E-state index is 13.3. The lowest BCUT2D eigenvalue weighted by molar-refractivity contribution is 0.616. The average molecular weight is 309 g/mol. The summed E-state index contributed by atoms with van der Waals surface area (Å²) in [7, 11) is 0. The molecule has 18 heavy (non-hydrogen) atoms. The Labute approximate surface area is 114 Å². The Morgan fingerprint density at radius 3 is 2.83 bits per heavy atom. The van der Waals surface area contributed by atoms with E-state index in [1.54, 1.807) is 6.20 Å². The summed E-state index contributed by atoms with van der Waals surface area (Å²) in [5.74, 6) is -0.285. The molecule has 0 radical (unpaired) electrons. The molecule has 0 aliphatic heterocycles. The zero-order chi connectivity index (χ0) is 13.1. The summed E-state index contributed by atoms with van der Waals surface area (Å²) >= 11 is 3.27. The molecule has 1 aromatic heterocycles. The molecule has 0 aliphatic rings. The molecule has 1 atom stereocenters. The van der Waals surface area contributed by atoms with Crippen LogP contribution >= 0.6 is 15.9 Å². The van der Waals surface area contributed by atoms with E-state index in [1.165, 1.54) is 12.1 Å². The average Bonchev–Trinajstić information content (AvgIpc) is 2.31. The van der Waals surface area contributed by atoms with Crippen molar-refractivity contribution in [3.63, 3.8) is 0 Å². The summed E-state index contributed by atoms with van der Waals surface area (Å²) in [6, 6.07) is 8.35. The lowest BCUT2D eigenvalue weighted by atomic mass is 10.0. The van der Waals surface area contributed by atoms with Gasteiger partial charge in [-0.05, 0) is 42.3 Å². The first-order valence-electron chi connectivity index (χ1n) is 5.68. The number of benzene rings is 1. The molecule has 0 amide bonds. The maximum Gasteiger partial charge on any atom is 0.124 e. The number of aryl methyl sites for hydroxylation is 1. The normalized spacial score (nSPS) is 12.4. The maximum atomic E-state index is 13.3. The molecule has 0 aliphatic carbocycles. The van der Waals surface area contributed by atoms with Crippen molar-refractivity contribution in [3.8, 4) is 0 Å². The van der Waals surface area contributed by atoms with Crippen LogP contribution in [0, 0.1) is 12.7 Å². The van der Waals surface area contributed by atoms with Crippen LogP contribution in [-0.4, -0.2) is 4.98 Å². The van der Waals surface area contributed by atoms with Gasteiger partial charge in [-0.3, -0.25) is 4.98 Å². The minimum atomic E-state index is -0.285. The van der Waals surface area contributed by atoms with Crippen molar-refractivity contribution in [1.29, 1.82) is 0 Å². The molecule has 1 unspecified atom stereocenters. The first-order valence-corrected chi connectivity index (χ1v) is 6.47. The summed E-state index contributed by atoms with van der Waals surface area (Å²) in [6.07, 6.45) is 2.35. The molecule has 0 spiro atoms. The summed E-state index contributed by atoms with van der Waals surface area (Å²) in [5, 5.41) is 0. The number of nitrogens with two attached hydrogens (primary N) is 1. The Morgan fingerprint density at radius 2 is 2.17 bits per heavy atom. The molecule has 1 aromatic carbocycles. The first-order chi connectivity index (χ1) is 8.56. The number of hydrogen-bond donors (Lipinski definition) is 1. The third kappa shape index (κ3) is 3.15. The van der Waals surface area contributed by atoms with Gasteiger partial charge in [-0.1, -0.05) is 22.0 Å². The number of halogens is 2. The van der Waals surface area contributed by atoms with Crippen LogP contribution in [0.3, 0.4) is 0 Å². The largest absolute Gasteiger partial charge is 0.324 e.